The number of hydrogen-bond acceptors (Lipinski definition) is 3. The fourth-order valence-electron chi connectivity index (χ4n) is 2.22. The van der Waals surface area contributed by atoms with Crippen LogP contribution in [0.1, 0.15) is 18.5 Å². The van der Waals surface area contributed by atoms with Gasteiger partial charge >= 0.3 is 0 Å². The maximum absolute atomic E-state index is 5.63. The monoisotopic (exact) mass is 333 g/mol. The van der Waals surface area contributed by atoms with E-state index >= 15 is 0 Å². The maximum atomic E-state index is 5.63. The molecule has 0 saturated heterocycles. The molecule has 0 amide bonds. The highest BCUT2D eigenvalue weighted by molar-refractivity contribution is 9.10. The Morgan fingerprint density at radius 3 is 2.60 bits per heavy atom. The topological polar surface area (TPSA) is 30.5 Å². The van der Waals surface area contributed by atoms with Gasteiger partial charge in [-0.1, -0.05) is 18.2 Å². The Hall–Kier alpha value is -1.68. The average molecular weight is 334 g/mol. The third-order valence-corrected chi connectivity index (χ3v) is 4.00. The van der Waals surface area contributed by atoms with E-state index in [0.717, 1.165) is 21.7 Å². The van der Waals surface area contributed by atoms with Gasteiger partial charge in [0.25, 0.3) is 0 Å². The minimum absolute atomic E-state index is 0.185. The molecule has 1 unspecified atom stereocenters. The third-order valence-electron chi connectivity index (χ3n) is 3.31. The standard InChI is InChI=1S/C16H16BrNO2/c1-11(18-14-5-3-2-4-13(14)17)12-6-7-15-16(10-12)20-9-8-19-15/h2-7,10-11,18H,8-9H2,1H3. The molecule has 1 atom stereocenters. The number of anilines is 1. The molecular weight excluding hydrogens is 318 g/mol. The average Bonchev–Trinajstić information content (AvgIpc) is 2.49. The Bertz CT molecular complexity index is 615. The zero-order chi connectivity index (χ0) is 13.9. The molecular formula is C16H16BrNO2. The number of ether oxygens (including phenoxy) is 2. The van der Waals surface area contributed by atoms with Gasteiger partial charge in [0.15, 0.2) is 11.5 Å². The van der Waals surface area contributed by atoms with Crippen LogP contribution in [0.4, 0.5) is 5.69 Å². The molecule has 2 aromatic carbocycles. The van der Waals surface area contributed by atoms with Gasteiger partial charge in [-0.3, -0.25) is 0 Å². The van der Waals surface area contributed by atoms with Gasteiger partial charge in [-0.05, 0) is 52.7 Å². The smallest absolute Gasteiger partial charge is 0.161 e. The molecule has 3 nitrogen and oxygen atoms in total. The van der Waals surface area contributed by atoms with Crippen molar-refractivity contribution in [2.45, 2.75) is 13.0 Å². The molecule has 0 saturated carbocycles. The van der Waals surface area contributed by atoms with E-state index in [1.54, 1.807) is 0 Å². The predicted molar refractivity (Wildman–Crippen MR) is 83.6 cm³/mol. The lowest BCUT2D eigenvalue weighted by Gasteiger charge is -2.22. The number of para-hydroxylation sites is 1. The van der Waals surface area contributed by atoms with E-state index in [0.29, 0.717) is 13.2 Å². The maximum Gasteiger partial charge on any atom is 0.161 e. The number of benzene rings is 2. The van der Waals surface area contributed by atoms with Crippen molar-refractivity contribution >= 4 is 21.6 Å². The second kappa shape index (κ2) is 5.75. The Labute approximate surface area is 127 Å². The second-order valence-electron chi connectivity index (χ2n) is 4.75. The van der Waals surface area contributed by atoms with Crippen LogP contribution in [0.15, 0.2) is 46.9 Å². The van der Waals surface area contributed by atoms with Gasteiger partial charge in [0.2, 0.25) is 0 Å². The molecule has 0 fully saturated rings. The molecule has 1 N–H and O–H groups in total. The highest BCUT2D eigenvalue weighted by Gasteiger charge is 2.14. The van der Waals surface area contributed by atoms with Crippen LogP contribution in [-0.2, 0) is 0 Å². The van der Waals surface area contributed by atoms with Crippen molar-refractivity contribution < 1.29 is 9.47 Å². The molecule has 3 rings (SSSR count). The number of hydrogen-bond donors (Lipinski definition) is 1. The second-order valence-corrected chi connectivity index (χ2v) is 5.60. The number of halogens is 1. The van der Waals surface area contributed by atoms with E-state index in [1.807, 2.05) is 30.3 Å². The molecule has 0 aliphatic carbocycles. The summed E-state index contributed by atoms with van der Waals surface area (Å²) in [4.78, 5) is 0. The van der Waals surface area contributed by atoms with Crippen LogP contribution in [0.5, 0.6) is 11.5 Å². The van der Waals surface area contributed by atoms with Gasteiger partial charge in [-0.15, -0.1) is 0 Å². The van der Waals surface area contributed by atoms with E-state index < -0.39 is 0 Å². The van der Waals surface area contributed by atoms with Gasteiger partial charge in [0, 0.05) is 16.2 Å². The lowest BCUT2D eigenvalue weighted by atomic mass is 10.1. The summed E-state index contributed by atoms with van der Waals surface area (Å²) in [5.74, 6) is 1.66. The first kappa shape index (κ1) is 13.3. The van der Waals surface area contributed by atoms with E-state index in [-0.39, 0.29) is 6.04 Å². The lowest BCUT2D eigenvalue weighted by Crippen LogP contribution is -2.16. The van der Waals surface area contributed by atoms with Gasteiger partial charge in [-0.2, -0.15) is 0 Å². The van der Waals surface area contributed by atoms with Crippen LogP contribution in [0.2, 0.25) is 0 Å². The zero-order valence-electron chi connectivity index (χ0n) is 11.2. The molecule has 4 heteroatoms. The van der Waals surface area contributed by atoms with Gasteiger partial charge in [0.05, 0.1) is 0 Å². The molecule has 104 valence electrons. The van der Waals surface area contributed by atoms with Crippen LogP contribution < -0.4 is 14.8 Å². The summed E-state index contributed by atoms with van der Waals surface area (Å²) in [6.07, 6.45) is 0. The molecule has 2 aromatic rings. The van der Waals surface area contributed by atoms with Crippen LogP contribution in [0.25, 0.3) is 0 Å². The zero-order valence-corrected chi connectivity index (χ0v) is 12.8. The van der Waals surface area contributed by atoms with Gasteiger partial charge < -0.3 is 14.8 Å². The predicted octanol–water partition coefficient (Wildman–Crippen LogP) is 4.39. The molecule has 1 aliphatic rings. The van der Waals surface area contributed by atoms with E-state index in [1.165, 1.54) is 5.56 Å². The van der Waals surface area contributed by atoms with Crippen LogP contribution >= 0.6 is 15.9 Å². The minimum Gasteiger partial charge on any atom is -0.486 e. The number of fused-ring (bicyclic) bond motifs is 1. The fourth-order valence-corrected chi connectivity index (χ4v) is 2.62. The van der Waals surface area contributed by atoms with Crippen molar-refractivity contribution in [1.29, 1.82) is 0 Å². The molecule has 1 aliphatic heterocycles. The summed E-state index contributed by atoms with van der Waals surface area (Å²) in [6.45, 7) is 3.37. The van der Waals surface area contributed by atoms with Crippen molar-refractivity contribution in [3.05, 3.63) is 52.5 Å². The minimum atomic E-state index is 0.185. The lowest BCUT2D eigenvalue weighted by molar-refractivity contribution is 0.171. The third kappa shape index (κ3) is 2.75. The highest BCUT2D eigenvalue weighted by Crippen LogP contribution is 2.34. The van der Waals surface area contributed by atoms with Crippen molar-refractivity contribution in [3.8, 4) is 11.5 Å². The molecule has 0 spiro atoms. The van der Waals surface area contributed by atoms with Gasteiger partial charge in [0.1, 0.15) is 13.2 Å². The van der Waals surface area contributed by atoms with E-state index in [4.69, 9.17) is 9.47 Å². The van der Waals surface area contributed by atoms with E-state index in [2.05, 4.69) is 40.3 Å². The summed E-state index contributed by atoms with van der Waals surface area (Å²) < 4.78 is 12.2. The summed E-state index contributed by atoms with van der Waals surface area (Å²) in [7, 11) is 0. The van der Waals surface area contributed by atoms with Gasteiger partial charge in [-0.25, -0.2) is 0 Å². The Kier molecular flexibility index (Phi) is 3.83. The molecule has 20 heavy (non-hydrogen) atoms. The van der Waals surface area contributed by atoms with E-state index in [9.17, 15) is 0 Å². The van der Waals surface area contributed by atoms with Crippen LogP contribution in [0.3, 0.4) is 0 Å². The Morgan fingerprint density at radius 1 is 1.05 bits per heavy atom. The Balaban J connectivity index is 1.80. The first-order chi connectivity index (χ1) is 9.74. The molecule has 1 heterocycles. The Morgan fingerprint density at radius 2 is 1.80 bits per heavy atom. The quantitative estimate of drug-likeness (QED) is 0.903. The van der Waals surface area contributed by atoms with Crippen molar-refractivity contribution in [2.24, 2.45) is 0 Å². The number of rotatable bonds is 3. The SMILES string of the molecule is CC(Nc1ccccc1Br)c1ccc2c(c1)OCCO2. The summed E-state index contributed by atoms with van der Waals surface area (Å²) in [6, 6.07) is 14.4. The van der Waals surface area contributed by atoms with Crippen molar-refractivity contribution in [1.82, 2.24) is 0 Å². The molecule has 0 bridgehead atoms. The van der Waals surface area contributed by atoms with Crippen LogP contribution in [-0.4, -0.2) is 13.2 Å². The van der Waals surface area contributed by atoms with Crippen molar-refractivity contribution in [2.75, 3.05) is 18.5 Å². The first-order valence-corrected chi connectivity index (χ1v) is 7.44. The molecule has 0 radical (unpaired) electrons. The van der Waals surface area contributed by atoms with Crippen molar-refractivity contribution in [3.63, 3.8) is 0 Å². The fraction of sp³-hybridized carbons (Fsp3) is 0.250. The summed E-state index contributed by atoms with van der Waals surface area (Å²) in [5.41, 5.74) is 2.25. The van der Waals surface area contributed by atoms with Crippen LogP contribution in [0, 0.1) is 0 Å². The summed E-state index contributed by atoms with van der Waals surface area (Å²) >= 11 is 3.55. The first-order valence-electron chi connectivity index (χ1n) is 6.64. The largest absolute Gasteiger partial charge is 0.486 e. The number of nitrogens with one attached hydrogen (secondary N) is 1. The highest BCUT2D eigenvalue weighted by atomic mass is 79.9. The molecule has 0 aromatic heterocycles. The summed E-state index contributed by atoms with van der Waals surface area (Å²) in [5, 5.41) is 3.49. The normalized spacial score (nSPS) is 14.7.